The summed E-state index contributed by atoms with van der Waals surface area (Å²) in [6.45, 7) is 0. The molecule has 3 N–H and O–H groups in total. The van der Waals surface area contributed by atoms with Gasteiger partial charge >= 0.3 is 0 Å². The molecule has 1 heterocycles. The van der Waals surface area contributed by atoms with Crippen molar-refractivity contribution < 1.29 is 4.79 Å². The monoisotopic (exact) mass is 262 g/mol. The molecule has 1 aromatic rings. The summed E-state index contributed by atoms with van der Waals surface area (Å²) in [5.41, 5.74) is 5.79. The number of halogens is 1. The van der Waals surface area contributed by atoms with Crippen LogP contribution < -0.4 is 5.73 Å². The fourth-order valence-electron chi connectivity index (χ4n) is 0.652. The Morgan fingerprint density at radius 1 is 1.73 bits per heavy atom. The fourth-order valence-corrected chi connectivity index (χ4v) is 1.14. The summed E-state index contributed by atoms with van der Waals surface area (Å²) in [5.74, 6) is -0.436. The van der Waals surface area contributed by atoms with Crippen molar-refractivity contribution >= 4 is 34.6 Å². The lowest BCUT2D eigenvalue weighted by molar-refractivity contribution is -0.113. The van der Waals surface area contributed by atoms with Gasteiger partial charge in [0.25, 0.3) is 0 Å². The van der Waals surface area contributed by atoms with Gasteiger partial charge in [-0.25, -0.2) is 0 Å². The maximum absolute atomic E-state index is 10.3. The normalized spacial score (nSPS) is 10.6. The highest BCUT2D eigenvalue weighted by Crippen LogP contribution is 2.06. The van der Waals surface area contributed by atoms with Crippen LogP contribution in [0.25, 0.3) is 6.08 Å². The van der Waals surface area contributed by atoms with Crippen LogP contribution >= 0.6 is 22.6 Å². The summed E-state index contributed by atoms with van der Waals surface area (Å²) < 4.78 is 1.10. The van der Waals surface area contributed by atoms with Crippen LogP contribution in [0.2, 0.25) is 0 Å². The van der Waals surface area contributed by atoms with Crippen LogP contribution in [0.4, 0.5) is 0 Å². The number of primary amides is 1. The predicted octanol–water partition coefficient (Wildman–Crippen LogP) is 1.12. The Bertz CT molecular complexity index is 290. The summed E-state index contributed by atoms with van der Waals surface area (Å²) in [5, 5.41) is 0. The average Bonchev–Trinajstić information content (AvgIpc) is 2.31. The van der Waals surface area contributed by atoms with Crippen LogP contribution in [0.15, 0.2) is 18.3 Å². The minimum atomic E-state index is -0.436. The van der Waals surface area contributed by atoms with Gasteiger partial charge in [-0.3, -0.25) is 4.79 Å². The van der Waals surface area contributed by atoms with Gasteiger partial charge in [-0.2, -0.15) is 0 Å². The second kappa shape index (κ2) is 3.56. The molecular weight excluding hydrogens is 255 g/mol. The maximum atomic E-state index is 10.3. The molecular formula is C7H7IN2O. The zero-order valence-electron chi connectivity index (χ0n) is 5.67. The standard InChI is InChI=1S/C7H7IN2O/c8-5-3-6(10-4-5)1-2-7(9)11/h1-4,10H,(H2,9,11). The molecule has 0 aliphatic carbocycles. The molecule has 0 aromatic carbocycles. The van der Waals surface area contributed by atoms with Crippen molar-refractivity contribution in [2.45, 2.75) is 0 Å². The molecule has 3 nitrogen and oxygen atoms in total. The quantitative estimate of drug-likeness (QED) is 0.609. The van der Waals surface area contributed by atoms with Crippen LogP contribution in [-0.4, -0.2) is 10.9 Å². The van der Waals surface area contributed by atoms with Crippen LogP contribution in [0.1, 0.15) is 5.69 Å². The van der Waals surface area contributed by atoms with Crippen molar-refractivity contribution in [1.82, 2.24) is 4.98 Å². The lowest BCUT2D eigenvalue weighted by atomic mass is 10.4. The average molecular weight is 262 g/mol. The number of hydrogen-bond acceptors (Lipinski definition) is 1. The lowest BCUT2D eigenvalue weighted by Crippen LogP contribution is -2.05. The van der Waals surface area contributed by atoms with Gasteiger partial charge in [-0.15, -0.1) is 0 Å². The van der Waals surface area contributed by atoms with E-state index in [2.05, 4.69) is 27.6 Å². The van der Waals surface area contributed by atoms with Crippen molar-refractivity contribution in [2.75, 3.05) is 0 Å². The smallest absolute Gasteiger partial charge is 0.241 e. The van der Waals surface area contributed by atoms with Gasteiger partial charge in [0.05, 0.1) is 0 Å². The number of amides is 1. The van der Waals surface area contributed by atoms with E-state index in [1.165, 1.54) is 6.08 Å². The van der Waals surface area contributed by atoms with Gasteiger partial charge in [0, 0.05) is 21.5 Å². The molecule has 0 saturated heterocycles. The van der Waals surface area contributed by atoms with E-state index in [4.69, 9.17) is 5.73 Å². The second-order valence-corrected chi connectivity index (χ2v) is 3.25. The zero-order chi connectivity index (χ0) is 8.27. The molecule has 0 spiro atoms. The van der Waals surface area contributed by atoms with Crippen molar-refractivity contribution in [3.63, 3.8) is 0 Å². The van der Waals surface area contributed by atoms with Crippen molar-refractivity contribution in [3.05, 3.63) is 27.6 Å². The Kier molecular flexibility index (Phi) is 2.70. The van der Waals surface area contributed by atoms with E-state index in [0.29, 0.717) is 0 Å². The van der Waals surface area contributed by atoms with E-state index >= 15 is 0 Å². The Hall–Kier alpha value is -0.780. The third-order valence-electron chi connectivity index (χ3n) is 1.10. The third-order valence-corrected chi connectivity index (χ3v) is 1.72. The van der Waals surface area contributed by atoms with Gasteiger partial charge in [0.1, 0.15) is 0 Å². The van der Waals surface area contributed by atoms with Crippen molar-refractivity contribution in [3.8, 4) is 0 Å². The molecule has 0 atom stereocenters. The number of aromatic amines is 1. The van der Waals surface area contributed by atoms with E-state index in [0.717, 1.165) is 9.26 Å². The van der Waals surface area contributed by atoms with E-state index in [1.54, 1.807) is 6.08 Å². The molecule has 0 unspecified atom stereocenters. The Morgan fingerprint density at radius 2 is 2.45 bits per heavy atom. The minimum absolute atomic E-state index is 0.436. The van der Waals surface area contributed by atoms with Gasteiger partial charge in [-0.05, 0) is 34.7 Å². The first kappa shape index (κ1) is 8.32. The molecule has 0 fully saturated rings. The van der Waals surface area contributed by atoms with Gasteiger partial charge < -0.3 is 10.7 Å². The molecule has 58 valence electrons. The number of rotatable bonds is 2. The van der Waals surface area contributed by atoms with E-state index in [1.807, 2.05) is 12.3 Å². The maximum Gasteiger partial charge on any atom is 0.241 e. The third kappa shape index (κ3) is 2.75. The SMILES string of the molecule is NC(=O)C=Cc1cc(I)c[nH]1. The number of carbonyl (C=O) groups excluding carboxylic acids is 1. The summed E-state index contributed by atoms with van der Waals surface area (Å²) in [4.78, 5) is 13.3. The molecule has 0 saturated carbocycles. The number of H-pyrrole nitrogens is 1. The Morgan fingerprint density at radius 3 is 2.91 bits per heavy atom. The first-order valence-corrected chi connectivity index (χ1v) is 4.08. The fraction of sp³-hybridized carbons (Fsp3) is 0. The summed E-state index contributed by atoms with van der Waals surface area (Å²) >= 11 is 2.18. The number of carbonyl (C=O) groups is 1. The highest BCUT2D eigenvalue weighted by atomic mass is 127. The van der Waals surface area contributed by atoms with E-state index in [9.17, 15) is 4.79 Å². The zero-order valence-corrected chi connectivity index (χ0v) is 7.83. The van der Waals surface area contributed by atoms with Crippen LogP contribution in [0.3, 0.4) is 0 Å². The first-order valence-electron chi connectivity index (χ1n) is 3.00. The minimum Gasteiger partial charge on any atom is -0.366 e. The molecule has 0 aliphatic rings. The molecule has 0 aliphatic heterocycles. The highest BCUT2D eigenvalue weighted by molar-refractivity contribution is 14.1. The molecule has 0 radical (unpaired) electrons. The van der Waals surface area contributed by atoms with Gasteiger partial charge in [-0.1, -0.05) is 0 Å². The first-order chi connectivity index (χ1) is 5.18. The van der Waals surface area contributed by atoms with Crippen LogP contribution in [-0.2, 0) is 4.79 Å². The molecule has 4 heteroatoms. The molecule has 11 heavy (non-hydrogen) atoms. The highest BCUT2D eigenvalue weighted by Gasteiger charge is 1.90. The largest absolute Gasteiger partial charge is 0.366 e. The van der Waals surface area contributed by atoms with Crippen molar-refractivity contribution in [1.29, 1.82) is 0 Å². The predicted molar refractivity (Wildman–Crippen MR) is 51.7 cm³/mol. The number of hydrogen-bond donors (Lipinski definition) is 2. The summed E-state index contributed by atoms with van der Waals surface area (Å²) in [7, 11) is 0. The van der Waals surface area contributed by atoms with E-state index < -0.39 is 5.91 Å². The summed E-state index contributed by atoms with van der Waals surface area (Å²) in [6.07, 6.45) is 4.81. The van der Waals surface area contributed by atoms with E-state index in [-0.39, 0.29) is 0 Å². The molecule has 1 aromatic heterocycles. The molecule has 1 rings (SSSR count). The Balaban J connectivity index is 2.71. The molecule has 1 amide bonds. The number of nitrogens with two attached hydrogens (primary N) is 1. The summed E-state index contributed by atoms with van der Waals surface area (Å²) in [6, 6.07) is 1.92. The lowest BCUT2D eigenvalue weighted by Gasteiger charge is -1.81. The van der Waals surface area contributed by atoms with Crippen LogP contribution in [0.5, 0.6) is 0 Å². The topological polar surface area (TPSA) is 58.9 Å². The Labute approximate surface area is 77.8 Å². The number of aromatic nitrogens is 1. The molecule has 0 bridgehead atoms. The van der Waals surface area contributed by atoms with Gasteiger partial charge in [0.2, 0.25) is 5.91 Å². The second-order valence-electron chi connectivity index (χ2n) is 2.01. The van der Waals surface area contributed by atoms with Crippen LogP contribution in [0, 0.1) is 3.57 Å². The van der Waals surface area contributed by atoms with Crippen molar-refractivity contribution in [2.24, 2.45) is 5.73 Å². The van der Waals surface area contributed by atoms with Gasteiger partial charge in [0.15, 0.2) is 0 Å². The number of nitrogens with one attached hydrogen (secondary N) is 1.